The first kappa shape index (κ1) is 15.6. The number of nitrogen functional groups attached to an aromatic ring is 1. The Hall–Kier alpha value is -1.81. The van der Waals surface area contributed by atoms with Crippen LogP contribution in [0.2, 0.25) is 0 Å². The number of nitrogens with zero attached hydrogens (tertiary/aromatic N) is 1. The van der Waals surface area contributed by atoms with Gasteiger partial charge in [0.25, 0.3) is 0 Å². The van der Waals surface area contributed by atoms with Gasteiger partial charge in [0.1, 0.15) is 0 Å². The van der Waals surface area contributed by atoms with E-state index in [1.807, 2.05) is 38.1 Å². The van der Waals surface area contributed by atoms with Crippen LogP contribution >= 0.6 is 0 Å². The minimum Gasteiger partial charge on any atom is -0.396 e. The maximum Gasteiger partial charge on any atom is 0.0791 e. The summed E-state index contributed by atoms with van der Waals surface area (Å²) < 4.78 is 0. The molecule has 0 amide bonds. The molecule has 4 nitrogen and oxygen atoms in total. The maximum absolute atomic E-state index is 10.4. The Bertz CT molecular complexity index is 617. The Labute approximate surface area is 126 Å². The zero-order valence-corrected chi connectivity index (χ0v) is 13.2. The highest BCUT2D eigenvalue weighted by molar-refractivity contribution is 5.97. The van der Waals surface area contributed by atoms with Gasteiger partial charge in [-0.05, 0) is 32.3 Å². The highest BCUT2D eigenvalue weighted by Crippen LogP contribution is 2.31. The predicted molar refractivity (Wildman–Crippen MR) is 89.3 cm³/mol. The van der Waals surface area contributed by atoms with Crippen molar-refractivity contribution in [2.24, 2.45) is 5.92 Å². The van der Waals surface area contributed by atoms with E-state index in [-0.39, 0.29) is 6.04 Å². The molecule has 0 unspecified atom stereocenters. The van der Waals surface area contributed by atoms with E-state index in [1.165, 1.54) is 0 Å². The van der Waals surface area contributed by atoms with Gasteiger partial charge in [0.15, 0.2) is 0 Å². The average Bonchev–Trinajstić information content (AvgIpc) is 2.39. The van der Waals surface area contributed by atoms with Crippen molar-refractivity contribution in [2.75, 3.05) is 11.1 Å². The van der Waals surface area contributed by atoms with E-state index in [9.17, 15) is 5.11 Å². The van der Waals surface area contributed by atoms with Crippen LogP contribution < -0.4 is 11.1 Å². The molecule has 0 bridgehead atoms. The lowest BCUT2D eigenvalue weighted by Gasteiger charge is -2.33. The molecule has 4 N–H and O–H groups in total. The Kier molecular flexibility index (Phi) is 4.37. The van der Waals surface area contributed by atoms with Crippen molar-refractivity contribution < 1.29 is 5.11 Å². The van der Waals surface area contributed by atoms with Crippen LogP contribution in [0.1, 0.15) is 34.1 Å². The summed E-state index contributed by atoms with van der Waals surface area (Å²) in [5, 5.41) is 14.9. The lowest BCUT2D eigenvalue weighted by molar-refractivity contribution is 0.0523. The van der Waals surface area contributed by atoms with Crippen molar-refractivity contribution in [3.8, 4) is 0 Å². The molecule has 1 heterocycles. The van der Waals surface area contributed by atoms with E-state index < -0.39 is 5.60 Å². The second-order valence-corrected chi connectivity index (χ2v) is 6.59. The minimum atomic E-state index is -0.832. The van der Waals surface area contributed by atoms with Crippen molar-refractivity contribution in [2.45, 2.75) is 45.8 Å². The van der Waals surface area contributed by atoms with Crippen molar-refractivity contribution >= 4 is 22.3 Å². The summed E-state index contributed by atoms with van der Waals surface area (Å²) in [4.78, 5) is 4.34. The van der Waals surface area contributed by atoms with E-state index in [1.54, 1.807) is 6.20 Å². The summed E-state index contributed by atoms with van der Waals surface area (Å²) in [7, 11) is 0. The number of aliphatic hydroxyl groups is 1. The molecular formula is C17H25N3O. The zero-order chi connectivity index (χ0) is 15.6. The van der Waals surface area contributed by atoms with Crippen LogP contribution in [0.25, 0.3) is 10.9 Å². The number of hydrogen-bond acceptors (Lipinski definition) is 4. The average molecular weight is 287 g/mol. The van der Waals surface area contributed by atoms with Crippen LogP contribution in [0.15, 0.2) is 30.5 Å². The van der Waals surface area contributed by atoms with Gasteiger partial charge >= 0.3 is 0 Å². The second kappa shape index (κ2) is 5.90. The molecule has 0 saturated carbocycles. The number of fused-ring (bicyclic) bond motifs is 1. The molecule has 1 aromatic heterocycles. The summed E-state index contributed by atoms with van der Waals surface area (Å²) in [5.41, 5.74) is 7.63. The number of nitrogens with two attached hydrogens (primary N) is 1. The van der Waals surface area contributed by atoms with Crippen molar-refractivity contribution in [1.29, 1.82) is 0 Å². The summed E-state index contributed by atoms with van der Waals surface area (Å²) in [6.45, 7) is 7.95. The van der Waals surface area contributed by atoms with E-state index in [0.717, 1.165) is 23.0 Å². The Morgan fingerprint density at radius 1 is 1.29 bits per heavy atom. The topological polar surface area (TPSA) is 71.2 Å². The fourth-order valence-electron chi connectivity index (χ4n) is 2.49. The predicted octanol–water partition coefficient (Wildman–Crippen LogP) is 3.41. The first-order valence-corrected chi connectivity index (χ1v) is 7.41. The van der Waals surface area contributed by atoms with Gasteiger partial charge in [-0.25, -0.2) is 0 Å². The molecule has 114 valence electrons. The van der Waals surface area contributed by atoms with Gasteiger partial charge in [-0.15, -0.1) is 0 Å². The summed E-state index contributed by atoms with van der Waals surface area (Å²) in [6.07, 6.45) is 2.53. The van der Waals surface area contributed by atoms with Gasteiger partial charge in [-0.2, -0.15) is 0 Å². The molecule has 0 radical (unpaired) electrons. The van der Waals surface area contributed by atoms with Crippen LogP contribution in [0.5, 0.6) is 0 Å². The molecule has 4 heteroatoms. The van der Waals surface area contributed by atoms with Crippen LogP contribution in [-0.2, 0) is 0 Å². The van der Waals surface area contributed by atoms with Gasteiger partial charge in [-0.3, -0.25) is 4.98 Å². The second-order valence-electron chi connectivity index (χ2n) is 6.59. The van der Waals surface area contributed by atoms with E-state index in [2.05, 4.69) is 24.1 Å². The van der Waals surface area contributed by atoms with Gasteiger partial charge in [0, 0.05) is 5.39 Å². The highest BCUT2D eigenvalue weighted by atomic mass is 16.3. The third kappa shape index (κ3) is 3.64. The highest BCUT2D eigenvalue weighted by Gasteiger charge is 2.28. The largest absolute Gasteiger partial charge is 0.396 e. The molecule has 0 aliphatic carbocycles. The van der Waals surface area contributed by atoms with Gasteiger partial charge < -0.3 is 16.2 Å². The molecule has 21 heavy (non-hydrogen) atoms. The quantitative estimate of drug-likeness (QED) is 0.788. The number of aromatic nitrogens is 1. The minimum absolute atomic E-state index is 0.0781. The molecule has 2 rings (SSSR count). The van der Waals surface area contributed by atoms with Crippen molar-refractivity contribution in [1.82, 2.24) is 4.98 Å². The van der Waals surface area contributed by atoms with Gasteiger partial charge in [0.2, 0.25) is 0 Å². The van der Waals surface area contributed by atoms with Crippen molar-refractivity contribution in [3.05, 3.63) is 30.5 Å². The summed E-state index contributed by atoms with van der Waals surface area (Å²) in [6, 6.07) is 7.80. The number of benzene rings is 1. The zero-order valence-electron chi connectivity index (χ0n) is 13.2. The molecule has 0 aliphatic rings. The molecule has 2 aromatic rings. The molecular weight excluding hydrogens is 262 g/mol. The fraction of sp³-hybridized carbons (Fsp3) is 0.471. The molecule has 1 aromatic carbocycles. The van der Waals surface area contributed by atoms with Crippen LogP contribution in [0.4, 0.5) is 11.4 Å². The molecule has 1 atom stereocenters. The smallest absolute Gasteiger partial charge is 0.0791 e. The van der Waals surface area contributed by atoms with Crippen LogP contribution in [0.3, 0.4) is 0 Å². The number of anilines is 2. The number of nitrogens with one attached hydrogen (secondary N) is 1. The SMILES string of the molecule is CC(C)C[C@@H](Nc1c(N)cnc2ccccc12)C(C)(C)O. The van der Waals surface area contributed by atoms with Crippen LogP contribution in [0, 0.1) is 5.92 Å². The monoisotopic (exact) mass is 287 g/mol. The Balaban J connectivity index is 2.43. The number of rotatable bonds is 5. The van der Waals surface area contributed by atoms with Gasteiger partial charge in [-0.1, -0.05) is 32.0 Å². The van der Waals surface area contributed by atoms with E-state index in [4.69, 9.17) is 5.73 Å². The number of para-hydroxylation sites is 1. The fourth-order valence-corrected chi connectivity index (χ4v) is 2.49. The number of pyridine rings is 1. The van der Waals surface area contributed by atoms with Crippen molar-refractivity contribution in [3.63, 3.8) is 0 Å². The number of hydrogen-bond donors (Lipinski definition) is 3. The lowest BCUT2D eigenvalue weighted by atomic mass is 9.90. The van der Waals surface area contributed by atoms with E-state index >= 15 is 0 Å². The molecule has 0 aliphatic heterocycles. The van der Waals surface area contributed by atoms with E-state index in [0.29, 0.717) is 11.6 Å². The lowest BCUT2D eigenvalue weighted by Crippen LogP contribution is -2.43. The third-order valence-corrected chi connectivity index (χ3v) is 3.68. The Morgan fingerprint density at radius 3 is 2.57 bits per heavy atom. The molecule has 0 fully saturated rings. The molecule has 0 spiro atoms. The Morgan fingerprint density at radius 2 is 1.95 bits per heavy atom. The first-order valence-electron chi connectivity index (χ1n) is 7.41. The van der Waals surface area contributed by atoms with Crippen LogP contribution in [-0.4, -0.2) is 21.7 Å². The standard InChI is InChI=1S/C17H25N3O/c1-11(2)9-15(17(3,4)21)20-16-12-7-5-6-8-14(12)19-10-13(16)18/h5-8,10-11,15,21H,9,18H2,1-4H3,(H,19,20)/t15-/m1/s1. The summed E-state index contributed by atoms with van der Waals surface area (Å²) in [5.74, 6) is 0.475. The maximum atomic E-state index is 10.4. The first-order chi connectivity index (χ1) is 9.79. The third-order valence-electron chi connectivity index (χ3n) is 3.68. The molecule has 0 saturated heterocycles. The normalized spacial score (nSPS) is 13.6. The van der Waals surface area contributed by atoms with Gasteiger partial charge in [0.05, 0.1) is 34.7 Å². The summed E-state index contributed by atoms with van der Waals surface area (Å²) >= 11 is 0.